The van der Waals surface area contributed by atoms with Crippen LogP contribution in [-0.2, 0) is 11.2 Å². The van der Waals surface area contributed by atoms with Crippen LogP contribution in [0.4, 0.5) is 0 Å². The molecule has 0 aliphatic carbocycles. The van der Waals surface area contributed by atoms with Crippen molar-refractivity contribution in [3.63, 3.8) is 0 Å². The predicted octanol–water partition coefficient (Wildman–Crippen LogP) is 4.72. The highest BCUT2D eigenvalue weighted by Gasteiger charge is 2.45. The highest BCUT2D eigenvalue weighted by Crippen LogP contribution is 2.36. The smallest absolute Gasteiger partial charge is 0.253 e. The Hall–Kier alpha value is -3.99. The molecule has 1 N–H and O–H groups in total. The summed E-state index contributed by atoms with van der Waals surface area (Å²) in [5, 5.41) is 3.79. The van der Waals surface area contributed by atoms with Gasteiger partial charge in [0, 0.05) is 37.3 Å². The minimum Gasteiger partial charge on any atom is -0.359 e. The maximum atomic E-state index is 13.4. The lowest BCUT2D eigenvalue weighted by Gasteiger charge is -2.28. The third-order valence-corrected chi connectivity index (χ3v) is 6.78. The second-order valence-corrected chi connectivity index (χ2v) is 8.99. The second kappa shape index (κ2) is 9.10. The van der Waals surface area contributed by atoms with Crippen molar-refractivity contribution in [1.29, 1.82) is 0 Å². The highest BCUT2D eigenvalue weighted by atomic mass is 16.2. The van der Waals surface area contributed by atoms with E-state index in [9.17, 15) is 9.59 Å². The lowest BCUT2D eigenvalue weighted by atomic mass is 9.79. The largest absolute Gasteiger partial charge is 0.359 e. The van der Waals surface area contributed by atoms with Gasteiger partial charge in [-0.3, -0.25) is 14.6 Å². The van der Waals surface area contributed by atoms with Gasteiger partial charge in [0.05, 0.1) is 10.9 Å². The second-order valence-electron chi connectivity index (χ2n) is 8.99. The first-order valence-corrected chi connectivity index (χ1v) is 11.6. The number of fused-ring (bicyclic) bond motifs is 1. The lowest BCUT2D eigenvalue weighted by Crippen LogP contribution is -2.44. The van der Waals surface area contributed by atoms with Gasteiger partial charge in [0.1, 0.15) is 0 Å². The third kappa shape index (κ3) is 4.17. The van der Waals surface area contributed by atoms with E-state index in [1.807, 2.05) is 59.5 Å². The van der Waals surface area contributed by atoms with Crippen LogP contribution in [0, 0.1) is 5.41 Å². The third-order valence-electron chi connectivity index (χ3n) is 6.78. The van der Waals surface area contributed by atoms with Crippen molar-refractivity contribution in [2.45, 2.75) is 12.8 Å². The molecule has 1 aliphatic rings. The molecule has 1 aliphatic heterocycles. The number of hydrogen-bond acceptors (Lipinski definition) is 3. The lowest BCUT2D eigenvalue weighted by molar-refractivity contribution is -0.129. The van der Waals surface area contributed by atoms with Crippen molar-refractivity contribution in [2.24, 2.45) is 5.41 Å². The van der Waals surface area contributed by atoms with Gasteiger partial charge in [-0.25, -0.2) is 0 Å². The Morgan fingerprint density at radius 3 is 2.59 bits per heavy atom. The minimum atomic E-state index is -0.655. The summed E-state index contributed by atoms with van der Waals surface area (Å²) in [5.74, 6) is -0.0646. The van der Waals surface area contributed by atoms with E-state index in [4.69, 9.17) is 0 Å². The molecule has 1 saturated heterocycles. The Balaban J connectivity index is 1.40. The normalized spacial score (nSPS) is 17.6. The van der Waals surface area contributed by atoms with Crippen LogP contribution in [0.5, 0.6) is 0 Å². The number of nitrogens with one attached hydrogen (secondary N) is 1. The molecule has 34 heavy (non-hydrogen) atoms. The SMILES string of the molecule is CNC(=O)[C@@]1(Cc2cccc(-c3ccccc3)c2)CCN(C(=O)c2ccc3ncccc3c2)C1. The van der Waals surface area contributed by atoms with Gasteiger partial charge >= 0.3 is 0 Å². The molecule has 5 nitrogen and oxygen atoms in total. The molecule has 2 heterocycles. The van der Waals surface area contributed by atoms with Crippen molar-refractivity contribution in [2.75, 3.05) is 20.1 Å². The van der Waals surface area contributed by atoms with Crippen LogP contribution in [0.25, 0.3) is 22.0 Å². The zero-order chi connectivity index (χ0) is 23.5. The van der Waals surface area contributed by atoms with Crippen LogP contribution < -0.4 is 5.32 Å². The minimum absolute atomic E-state index is 0.0179. The van der Waals surface area contributed by atoms with Crippen LogP contribution in [0.1, 0.15) is 22.3 Å². The molecule has 5 rings (SSSR count). The average molecular weight is 450 g/mol. The van der Waals surface area contributed by atoms with Crippen LogP contribution in [0.15, 0.2) is 91.1 Å². The fourth-order valence-electron chi connectivity index (χ4n) is 4.99. The van der Waals surface area contributed by atoms with Crippen molar-refractivity contribution >= 4 is 22.7 Å². The van der Waals surface area contributed by atoms with Gasteiger partial charge in [-0.2, -0.15) is 0 Å². The molecule has 0 saturated carbocycles. The molecule has 5 heteroatoms. The molecule has 1 fully saturated rings. The molecule has 4 aromatic rings. The quantitative estimate of drug-likeness (QED) is 0.479. The molecule has 0 radical (unpaired) electrons. The van der Waals surface area contributed by atoms with Crippen molar-refractivity contribution < 1.29 is 9.59 Å². The maximum Gasteiger partial charge on any atom is 0.253 e. The highest BCUT2D eigenvalue weighted by molar-refractivity contribution is 5.98. The monoisotopic (exact) mass is 449 g/mol. The molecule has 1 atom stereocenters. The molecule has 0 bridgehead atoms. The molecule has 0 unspecified atom stereocenters. The van der Waals surface area contributed by atoms with E-state index in [0.717, 1.165) is 27.6 Å². The van der Waals surface area contributed by atoms with Gasteiger partial charge in [0.15, 0.2) is 0 Å². The maximum absolute atomic E-state index is 13.4. The van der Waals surface area contributed by atoms with Crippen LogP contribution in [0.2, 0.25) is 0 Å². The topological polar surface area (TPSA) is 62.3 Å². The number of nitrogens with zero attached hydrogens (tertiary/aromatic N) is 2. The number of likely N-dealkylation sites (tertiary alicyclic amines) is 1. The summed E-state index contributed by atoms with van der Waals surface area (Å²) in [7, 11) is 1.67. The first kappa shape index (κ1) is 21.8. The molecular formula is C29H27N3O2. The van der Waals surface area contributed by atoms with Gasteiger partial charge in [0.25, 0.3) is 5.91 Å². The fourth-order valence-corrected chi connectivity index (χ4v) is 4.99. The van der Waals surface area contributed by atoms with Crippen LogP contribution >= 0.6 is 0 Å². The molecule has 1 aromatic heterocycles. The number of aromatic nitrogens is 1. The number of carbonyl (C=O) groups is 2. The molecule has 170 valence electrons. The molecule has 2 amide bonds. The first-order valence-electron chi connectivity index (χ1n) is 11.6. The van der Waals surface area contributed by atoms with Crippen molar-refractivity contribution in [3.8, 4) is 11.1 Å². The zero-order valence-corrected chi connectivity index (χ0v) is 19.2. The molecule has 0 spiro atoms. The molecule has 3 aromatic carbocycles. The average Bonchev–Trinajstić information content (AvgIpc) is 3.33. The van der Waals surface area contributed by atoms with Crippen molar-refractivity contribution in [3.05, 3.63) is 102 Å². The Bertz CT molecular complexity index is 1350. The Labute approximate surface area is 199 Å². The Kier molecular flexibility index (Phi) is 5.84. The van der Waals surface area contributed by atoms with E-state index >= 15 is 0 Å². The van der Waals surface area contributed by atoms with E-state index in [0.29, 0.717) is 31.5 Å². The number of benzene rings is 3. The summed E-state index contributed by atoms with van der Waals surface area (Å²) in [4.78, 5) is 32.6. The number of amides is 2. The summed E-state index contributed by atoms with van der Waals surface area (Å²) in [6, 6.07) is 28.0. The summed E-state index contributed by atoms with van der Waals surface area (Å²) >= 11 is 0. The summed E-state index contributed by atoms with van der Waals surface area (Å²) < 4.78 is 0. The van der Waals surface area contributed by atoms with Gasteiger partial charge in [-0.1, -0.05) is 60.7 Å². The van der Waals surface area contributed by atoms with E-state index < -0.39 is 5.41 Å². The van der Waals surface area contributed by atoms with E-state index in [2.05, 4.69) is 40.6 Å². The summed E-state index contributed by atoms with van der Waals surface area (Å²) in [6.45, 7) is 0.946. The number of hydrogen-bond donors (Lipinski definition) is 1. The van der Waals surface area contributed by atoms with Gasteiger partial charge in [0.2, 0.25) is 5.91 Å². The van der Waals surface area contributed by atoms with Gasteiger partial charge in [-0.05, 0) is 53.8 Å². The van der Waals surface area contributed by atoms with Crippen LogP contribution in [-0.4, -0.2) is 41.8 Å². The summed E-state index contributed by atoms with van der Waals surface area (Å²) in [5.41, 5.74) is 4.19. The Morgan fingerprint density at radius 2 is 1.76 bits per heavy atom. The van der Waals surface area contributed by atoms with Crippen LogP contribution in [0.3, 0.4) is 0 Å². The number of carbonyl (C=O) groups excluding carboxylic acids is 2. The molecular weight excluding hydrogens is 422 g/mol. The Morgan fingerprint density at radius 1 is 0.941 bits per heavy atom. The van der Waals surface area contributed by atoms with Gasteiger partial charge in [-0.15, -0.1) is 0 Å². The first-order chi connectivity index (χ1) is 16.6. The van der Waals surface area contributed by atoms with E-state index in [1.54, 1.807) is 13.2 Å². The van der Waals surface area contributed by atoms with Crippen molar-refractivity contribution in [1.82, 2.24) is 15.2 Å². The number of rotatable bonds is 5. The van der Waals surface area contributed by atoms with E-state index in [-0.39, 0.29) is 11.8 Å². The fraction of sp³-hybridized carbons (Fsp3) is 0.207. The zero-order valence-electron chi connectivity index (χ0n) is 19.2. The summed E-state index contributed by atoms with van der Waals surface area (Å²) in [6.07, 6.45) is 2.96. The predicted molar refractivity (Wildman–Crippen MR) is 134 cm³/mol. The number of pyridine rings is 1. The standard InChI is InChI=1S/C29H27N3O2/c1-30-28(34)29(19-21-7-5-10-23(17-21)22-8-3-2-4-9-22)14-16-32(20-29)27(33)25-12-13-26-24(18-25)11-6-15-31-26/h2-13,15,17-18H,14,16,19-20H2,1H3,(H,30,34)/t29-/m1/s1. The van der Waals surface area contributed by atoms with Gasteiger partial charge < -0.3 is 10.2 Å². The van der Waals surface area contributed by atoms with E-state index in [1.165, 1.54) is 0 Å².